The fourth-order valence-electron chi connectivity index (χ4n) is 2.29. The molecule has 0 bridgehead atoms. The number of aromatic nitrogens is 3. The Morgan fingerprint density at radius 2 is 1.83 bits per heavy atom. The number of rotatable bonds is 4. The van der Waals surface area contributed by atoms with Gasteiger partial charge in [0.15, 0.2) is 11.0 Å². The molecule has 0 saturated heterocycles. The maximum atomic E-state index is 9.15. The van der Waals surface area contributed by atoms with Crippen LogP contribution in [0.25, 0.3) is 11.4 Å². The zero-order valence-corrected chi connectivity index (χ0v) is 13.8. The van der Waals surface area contributed by atoms with Crippen molar-refractivity contribution in [3.05, 3.63) is 65.2 Å². The van der Waals surface area contributed by atoms with Gasteiger partial charge in [-0.2, -0.15) is 5.26 Å². The molecule has 0 aliphatic heterocycles. The minimum absolute atomic E-state index is 0.698. The van der Waals surface area contributed by atoms with Gasteiger partial charge in [0.25, 0.3) is 0 Å². The molecule has 23 heavy (non-hydrogen) atoms. The molecule has 2 aromatic carbocycles. The Bertz CT molecular complexity index is 859. The van der Waals surface area contributed by atoms with Crippen molar-refractivity contribution >= 4 is 11.8 Å². The summed E-state index contributed by atoms with van der Waals surface area (Å²) in [7, 11) is 1.97. The average Bonchev–Trinajstić information content (AvgIpc) is 2.95. The molecule has 0 unspecified atom stereocenters. The van der Waals surface area contributed by atoms with Gasteiger partial charge in [-0.3, -0.25) is 0 Å². The van der Waals surface area contributed by atoms with Crippen LogP contribution < -0.4 is 0 Å². The van der Waals surface area contributed by atoms with Crippen LogP contribution in [0, 0.1) is 18.3 Å². The summed E-state index contributed by atoms with van der Waals surface area (Å²) in [5.41, 5.74) is 3.99. The predicted octanol–water partition coefficient (Wildman–Crippen LogP) is 3.95. The minimum atomic E-state index is 0.698. The Kier molecular flexibility index (Phi) is 4.45. The van der Waals surface area contributed by atoms with Gasteiger partial charge in [0.1, 0.15) is 0 Å². The van der Waals surface area contributed by atoms with Gasteiger partial charge in [0, 0.05) is 18.4 Å². The minimum Gasteiger partial charge on any atom is -0.305 e. The second-order valence-electron chi connectivity index (χ2n) is 5.29. The number of hydrogen-bond acceptors (Lipinski definition) is 4. The highest BCUT2D eigenvalue weighted by Gasteiger charge is 2.12. The number of hydrogen-bond donors (Lipinski definition) is 0. The van der Waals surface area contributed by atoms with Crippen molar-refractivity contribution in [2.75, 3.05) is 0 Å². The fraction of sp³-hybridized carbons (Fsp3) is 0.167. The van der Waals surface area contributed by atoms with Crippen molar-refractivity contribution < 1.29 is 0 Å². The number of nitrogens with zero attached hydrogens (tertiary/aromatic N) is 4. The molecule has 114 valence electrons. The van der Waals surface area contributed by atoms with Crippen molar-refractivity contribution in [3.63, 3.8) is 0 Å². The molecule has 1 aromatic heterocycles. The summed E-state index contributed by atoms with van der Waals surface area (Å²) in [6.45, 7) is 2.06. The lowest BCUT2D eigenvalue weighted by Crippen LogP contribution is -1.95. The smallest absolute Gasteiger partial charge is 0.191 e. The normalized spacial score (nSPS) is 10.5. The summed E-state index contributed by atoms with van der Waals surface area (Å²) in [6.07, 6.45) is 0. The van der Waals surface area contributed by atoms with E-state index < -0.39 is 0 Å². The molecular formula is C18H16N4S. The molecule has 3 aromatic rings. The number of thioether (sulfide) groups is 1. The molecule has 0 spiro atoms. The lowest BCUT2D eigenvalue weighted by Gasteiger charge is -2.05. The molecule has 0 fully saturated rings. The highest BCUT2D eigenvalue weighted by molar-refractivity contribution is 7.98. The summed E-state index contributed by atoms with van der Waals surface area (Å²) in [5, 5.41) is 18.6. The van der Waals surface area contributed by atoms with Crippen LogP contribution in [-0.2, 0) is 12.8 Å². The van der Waals surface area contributed by atoms with Crippen LogP contribution in [0.1, 0.15) is 16.7 Å². The first-order chi connectivity index (χ1) is 11.2. The van der Waals surface area contributed by atoms with Crippen LogP contribution >= 0.6 is 11.8 Å². The van der Waals surface area contributed by atoms with E-state index in [1.54, 1.807) is 11.8 Å². The summed E-state index contributed by atoms with van der Waals surface area (Å²) in [4.78, 5) is 0. The number of aryl methyl sites for hydroxylation is 1. The second-order valence-corrected chi connectivity index (χ2v) is 6.23. The van der Waals surface area contributed by atoms with E-state index in [0.717, 1.165) is 22.1 Å². The van der Waals surface area contributed by atoms with E-state index in [1.807, 2.05) is 35.9 Å². The quantitative estimate of drug-likeness (QED) is 0.683. The maximum absolute atomic E-state index is 9.15. The van der Waals surface area contributed by atoms with Crippen molar-refractivity contribution in [2.45, 2.75) is 17.8 Å². The summed E-state index contributed by atoms with van der Waals surface area (Å²) < 4.78 is 1.99. The van der Waals surface area contributed by atoms with E-state index in [9.17, 15) is 0 Å². The lowest BCUT2D eigenvalue weighted by atomic mass is 10.1. The molecule has 0 radical (unpaired) electrons. The van der Waals surface area contributed by atoms with Gasteiger partial charge in [-0.25, -0.2) is 0 Å². The molecule has 0 amide bonds. The van der Waals surface area contributed by atoms with E-state index in [2.05, 4.69) is 47.5 Å². The van der Waals surface area contributed by atoms with Crippen LogP contribution in [0.5, 0.6) is 0 Å². The Morgan fingerprint density at radius 1 is 1.09 bits per heavy atom. The van der Waals surface area contributed by atoms with E-state index in [1.165, 1.54) is 5.56 Å². The maximum Gasteiger partial charge on any atom is 0.191 e. The van der Waals surface area contributed by atoms with Gasteiger partial charge < -0.3 is 4.57 Å². The van der Waals surface area contributed by atoms with Crippen LogP contribution in [0.3, 0.4) is 0 Å². The molecular weight excluding hydrogens is 304 g/mol. The second kappa shape index (κ2) is 6.67. The Hall–Kier alpha value is -2.58. The summed E-state index contributed by atoms with van der Waals surface area (Å²) in [6, 6.07) is 18.1. The van der Waals surface area contributed by atoms with Gasteiger partial charge >= 0.3 is 0 Å². The predicted molar refractivity (Wildman–Crippen MR) is 91.9 cm³/mol. The van der Waals surface area contributed by atoms with E-state index >= 15 is 0 Å². The van der Waals surface area contributed by atoms with E-state index in [-0.39, 0.29) is 0 Å². The highest BCUT2D eigenvalue weighted by Crippen LogP contribution is 2.26. The summed E-state index contributed by atoms with van der Waals surface area (Å²) in [5.74, 6) is 1.55. The van der Waals surface area contributed by atoms with Crippen LogP contribution in [0.4, 0.5) is 0 Å². The standard InChI is InChI=1S/C18H16N4S/c1-13-7-9-14(10-8-13)17-20-21-18(22(17)2)23-12-16-6-4-3-5-15(16)11-19/h3-10H,12H2,1-2H3. The van der Waals surface area contributed by atoms with Gasteiger partial charge in [-0.05, 0) is 18.6 Å². The zero-order chi connectivity index (χ0) is 16.2. The lowest BCUT2D eigenvalue weighted by molar-refractivity contribution is 0.794. The molecule has 0 atom stereocenters. The van der Waals surface area contributed by atoms with Crippen LogP contribution in [0.15, 0.2) is 53.7 Å². The molecule has 3 rings (SSSR count). The molecule has 0 N–H and O–H groups in total. The molecule has 0 aliphatic rings. The Morgan fingerprint density at radius 3 is 2.57 bits per heavy atom. The zero-order valence-electron chi connectivity index (χ0n) is 13.0. The monoisotopic (exact) mass is 320 g/mol. The first kappa shape index (κ1) is 15.3. The van der Waals surface area contributed by atoms with Crippen molar-refractivity contribution in [3.8, 4) is 17.5 Å². The Balaban J connectivity index is 1.80. The molecule has 0 saturated carbocycles. The molecule has 0 aliphatic carbocycles. The molecule has 4 nitrogen and oxygen atoms in total. The highest BCUT2D eigenvalue weighted by atomic mass is 32.2. The number of benzene rings is 2. The fourth-order valence-corrected chi connectivity index (χ4v) is 3.21. The topological polar surface area (TPSA) is 54.5 Å². The first-order valence-electron chi connectivity index (χ1n) is 7.26. The number of nitriles is 1. The van der Waals surface area contributed by atoms with Crippen molar-refractivity contribution in [1.29, 1.82) is 5.26 Å². The largest absolute Gasteiger partial charge is 0.305 e. The van der Waals surface area contributed by atoms with Crippen molar-refractivity contribution in [2.24, 2.45) is 7.05 Å². The van der Waals surface area contributed by atoms with Gasteiger partial charge in [-0.15, -0.1) is 10.2 Å². The van der Waals surface area contributed by atoms with Crippen molar-refractivity contribution in [1.82, 2.24) is 14.8 Å². The third kappa shape index (κ3) is 3.27. The molecule has 1 heterocycles. The average molecular weight is 320 g/mol. The van der Waals surface area contributed by atoms with Gasteiger partial charge in [0.05, 0.1) is 11.6 Å². The SMILES string of the molecule is Cc1ccc(-c2nnc(SCc3ccccc3C#N)n2C)cc1. The van der Waals surface area contributed by atoms with E-state index in [4.69, 9.17) is 5.26 Å². The Labute approximate surface area is 139 Å². The van der Waals surface area contributed by atoms with Gasteiger partial charge in [-0.1, -0.05) is 59.8 Å². The third-order valence-corrected chi connectivity index (χ3v) is 4.71. The third-order valence-electron chi connectivity index (χ3n) is 3.64. The van der Waals surface area contributed by atoms with Gasteiger partial charge in [0.2, 0.25) is 0 Å². The summed E-state index contributed by atoms with van der Waals surface area (Å²) >= 11 is 1.59. The first-order valence-corrected chi connectivity index (χ1v) is 8.25. The van der Waals surface area contributed by atoms with Crippen LogP contribution in [0.2, 0.25) is 0 Å². The molecule has 5 heteroatoms. The van der Waals surface area contributed by atoms with E-state index in [0.29, 0.717) is 11.3 Å². The van der Waals surface area contributed by atoms with Crippen LogP contribution in [-0.4, -0.2) is 14.8 Å².